The highest BCUT2D eigenvalue weighted by Gasteiger charge is 2.21. The van der Waals surface area contributed by atoms with Crippen LogP contribution in [0, 0.1) is 0 Å². The number of hydrogen-bond donors (Lipinski definition) is 0. The third kappa shape index (κ3) is 7.86. The van der Waals surface area contributed by atoms with Gasteiger partial charge >= 0.3 is 0 Å². The van der Waals surface area contributed by atoms with Crippen molar-refractivity contribution in [1.82, 2.24) is 0 Å². The average Bonchev–Trinajstić information content (AvgIpc) is 3.44. The lowest BCUT2D eigenvalue weighted by Crippen LogP contribution is -2.11. The van der Waals surface area contributed by atoms with Crippen LogP contribution in [0.2, 0.25) is 0 Å². The van der Waals surface area contributed by atoms with E-state index in [1.54, 1.807) is 0 Å². The average molecular weight is 878 g/mol. The minimum absolute atomic E-state index is 1.08. The Morgan fingerprint density at radius 3 is 1.10 bits per heavy atom. The van der Waals surface area contributed by atoms with Gasteiger partial charge in [-0.1, -0.05) is 249 Å². The zero-order valence-electron chi connectivity index (χ0n) is 38.1. The zero-order chi connectivity index (χ0) is 45.9. The van der Waals surface area contributed by atoms with Crippen LogP contribution >= 0.6 is 0 Å². The lowest BCUT2D eigenvalue weighted by atomic mass is 9.84. The van der Waals surface area contributed by atoms with Gasteiger partial charge in [0.25, 0.3) is 0 Å². The van der Waals surface area contributed by atoms with Crippen molar-refractivity contribution >= 4 is 38.6 Å². The van der Waals surface area contributed by atoms with Crippen LogP contribution in [0.3, 0.4) is 0 Å². The summed E-state index contributed by atoms with van der Waals surface area (Å²) in [4.78, 5) is 2.40. The third-order valence-corrected chi connectivity index (χ3v) is 13.5. The highest BCUT2D eigenvalue weighted by molar-refractivity contribution is 6.22. The van der Waals surface area contributed by atoms with Crippen molar-refractivity contribution in [2.75, 3.05) is 4.90 Å². The van der Waals surface area contributed by atoms with Crippen molar-refractivity contribution in [3.8, 4) is 77.9 Å². The number of benzene rings is 12. The molecule has 0 saturated carbocycles. The van der Waals surface area contributed by atoms with E-state index < -0.39 is 0 Å². The highest BCUT2D eigenvalue weighted by Crippen LogP contribution is 2.47. The van der Waals surface area contributed by atoms with Crippen LogP contribution < -0.4 is 4.90 Å². The largest absolute Gasteiger partial charge is 0.310 e. The molecule has 0 N–H and O–H groups in total. The number of fused-ring (bicyclic) bond motifs is 3. The summed E-state index contributed by atoms with van der Waals surface area (Å²) in [6.45, 7) is 0. The topological polar surface area (TPSA) is 3.24 Å². The van der Waals surface area contributed by atoms with Crippen LogP contribution in [-0.2, 0) is 0 Å². The van der Waals surface area contributed by atoms with Crippen molar-refractivity contribution in [2.24, 2.45) is 0 Å². The van der Waals surface area contributed by atoms with Crippen molar-refractivity contribution in [1.29, 1.82) is 0 Å². The molecule has 0 unspecified atom stereocenters. The van der Waals surface area contributed by atoms with Gasteiger partial charge in [0.2, 0.25) is 0 Å². The molecule has 12 rings (SSSR count). The molecule has 324 valence electrons. The summed E-state index contributed by atoms with van der Waals surface area (Å²) in [5, 5.41) is 5.00. The second-order valence-corrected chi connectivity index (χ2v) is 17.6. The van der Waals surface area contributed by atoms with E-state index in [9.17, 15) is 0 Å². The van der Waals surface area contributed by atoms with Gasteiger partial charge in [-0.25, -0.2) is 0 Å². The number of hydrogen-bond acceptors (Lipinski definition) is 1. The van der Waals surface area contributed by atoms with E-state index in [0.29, 0.717) is 0 Å². The predicted molar refractivity (Wildman–Crippen MR) is 294 cm³/mol. The highest BCUT2D eigenvalue weighted by atomic mass is 15.1. The molecule has 12 aromatic carbocycles. The summed E-state index contributed by atoms with van der Waals surface area (Å²) in [6.07, 6.45) is 0. The van der Waals surface area contributed by atoms with Gasteiger partial charge in [0.05, 0.1) is 5.69 Å². The molecule has 0 aromatic heterocycles. The molecule has 1 nitrogen and oxygen atoms in total. The van der Waals surface area contributed by atoms with Gasteiger partial charge in [-0.2, -0.15) is 0 Å². The first-order valence-corrected chi connectivity index (χ1v) is 23.8. The fourth-order valence-electron chi connectivity index (χ4n) is 10.3. The molecular formula is C68H47N. The van der Waals surface area contributed by atoms with Crippen molar-refractivity contribution in [2.45, 2.75) is 0 Å². The molecular weight excluding hydrogens is 831 g/mol. The molecule has 0 atom stereocenters. The van der Waals surface area contributed by atoms with Gasteiger partial charge in [0.1, 0.15) is 0 Å². The SMILES string of the molecule is c1ccc(-c2ccccc2N(c2ccc(-c3ccc4c(c3)c(-c3ccccc3)c(-c3ccccc3)c3ccccc34)cc2)c2ccc(-c3cccc(-c4ccccc4)c3-c3ccccc3)cc2)cc1. The van der Waals surface area contributed by atoms with E-state index in [2.05, 4.69) is 290 Å². The first-order chi connectivity index (χ1) is 34.3. The molecule has 1 heteroatoms. The molecule has 0 saturated heterocycles. The van der Waals surface area contributed by atoms with Crippen LogP contribution in [0.15, 0.2) is 285 Å². The molecule has 69 heavy (non-hydrogen) atoms. The van der Waals surface area contributed by atoms with E-state index in [-0.39, 0.29) is 0 Å². The quantitative estimate of drug-likeness (QED) is 0.124. The van der Waals surface area contributed by atoms with Crippen molar-refractivity contribution < 1.29 is 0 Å². The van der Waals surface area contributed by atoms with Gasteiger partial charge < -0.3 is 4.90 Å². The molecule has 0 radical (unpaired) electrons. The Kier molecular flexibility index (Phi) is 11.0. The molecule has 0 spiro atoms. The second kappa shape index (κ2) is 18.3. The maximum atomic E-state index is 2.41. The summed E-state index contributed by atoms with van der Waals surface area (Å²) in [6, 6.07) is 104. The van der Waals surface area contributed by atoms with E-state index >= 15 is 0 Å². The standard InChI is InChI=1S/C68H47N/c1-6-21-49(22-7-1)58-31-18-19-36-65(58)69(57-44-39-51(40-45-57)60-35-20-34-59(50-23-8-2-9-24-50)66(60)52-25-10-3-11-26-52)56-42-37-48(38-43-56)55-41-46-62-61-32-16-17-33-63(61)67(53-27-12-4-13-28-53)68(64(62)47-55)54-29-14-5-15-30-54/h1-47H. The monoisotopic (exact) mass is 877 g/mol. The van der Waals surface area contributed by atoms with Gasteiger partial charge in [0, 0.05) is 16.9 Å². The van der Waals surface area contributed by atoms with Crippen molar-refractivity contribution in [3.05, 3.63) is 285 Å². The molecule has 0 amide bonds. The number of rotatable bonds is 10. The Morgan fingerprint density at radius 1 is 0.188 bits per heavy atom. The van der Waals surface area contributed by atoms with Gasteiger partial charge in [-0.05, 0) is 130 Å². The maximum Gasteiger partial charge on any atom is 0.0540 e. The van der Waals surface area contributed by atoms with Crippen LogP contribution in [0.1, 0.15) is 0 Å². The second-order valence-electron chi connectivity index (χ2n) is 17.6. The summed E-state index contributed by atoms with van der Waals surface area (Å²) >= 11 is 0. The maximum absolute atomic E-state index is 2.41. The smallest absolute Gasteiger partial charge is 0.0540 e. The molecule has 0 aliphatic heterocycles. The van der Waals surface area contributed by atoms with Crippen LogP contribution in [0.25, 0.3) is 99.4 Å². The third-order valence-electron chi connectivity index (χ3n) is 13.5. The zero-order valence-corrected chi connectivity index (χ0v) is 38.1. The van der Waals surface area contributed by atoms with E-state index in [1.165, 1.54) is 82.7 Å². The Bertz CT molecular complexity index is 3720. The fraction of sp³-hybridized carbons (Fsp3) is 0. The summed E-state index contributed by atoms with van der Waals surface area (Å²) in [7, 11) is 0. The first-order valence-electron chi connectivity index (χ1n) is 23.8. The first kappa shape index (κ1) is 41.4. The van der Waals surface area contributed by atoms with Crippen molar-refractivity contribution in [3.63, 3.8) is 0 Å². The van der Waals surface area contributed by atoms with Crippen LogP contribution in [-0.4, -0.2) is 0 Å². The summed E-state index contributed by atoms with van der Waals surface area (Å²) in [5.41, 5.74) is 20.1. The Labute approximate surface area is 404 Å². The normalized spacial score (nSPS) is 11.2. The predicted octanol–water partition coefficient (Wildman–Crippen LogP) is 19.1. The van der Waals surface area contributed by atoms with Crippen LogP contribution in [0.4, 0.5) is 17.1 Å². The lowest BCUT2D eigenvalue weighted by Gasteiger charge is -2.28. The minimum atomic E-state index is 1.08. The number of nitrogens with zero attached hydrogens (tertiary/aromatic N) is 1. The Hall–Kier alpha value is -9.04. The molecule has 0 fully saturated rings. The lowest BCUT2D eigenvalue weighted by molar-refractivity contribution is 1.28. The number of anilines is 3. The molecule has 0 aliphatic carbocycles. The molecule has 0 aliphatic rings. The molecule has 0 bridgehead atoms. The minimum Gasteiger partial charge on any atom is -0.310 e. The summed E-state index contributed by atoms with van der Waals surface area (Å²) in [5.74, 6) is 0. The number of para-hydroxylation sites is 1. The van der Waals surface area contributed by atoms with E-state index in [4.69, 9.17) is 0 Å². The Balaban J connectivity index is 0.992. The van der Waals surface area contributed by atoms with E-state index in [0.717, 1.165) is 33.8 Å². The van der Waals surface area contributed by atoms with Crippen LogP contribution in [0.5, 0.6) is 0 Å². The van der Waals surface area contributed by atoms with Gasteiger partial charge in [-0.3, -0.25) is 0 Å². The van der Waals surface area contributed by atoms with E-state index in [1.807, 2.05) is 0 Å². The Morgan fingerprint density at radius 2 is 0.551 bits per heavy atom. The fourth-order valence-corrected chi connectivity index (χ4v) is 10.3. The van der Waals surface area contributed by atoms with Gasteiger partial charge in [-0.15, -0.1) is 0 Å². The van der Waals surface area contributed by atoms with Gasteiger partial charge in [0.15, 0.2) is 0 Å². The summed E-state index contributed by atoms with van der Waals surface area (Å²) < 4.78 is 0. The molecule has 12 aromatic rings. The molecule has 0 heterocycles.